The van der Waals surface area contributed by atoms with E-state index >= 15 is 0 Å². The van der Waals surface area contributed by atoms with Crippen molar-refractivity contribution >= 4 is 21.5 Å². The Hall–Kier alpha value is -2.55. The molecule has 0 spiro atoms. The maximum Gasteiger partial charge on any atom is 0.266 e. The van der Waals surface area contributed by atoms with Gasteiger partial charge in [0.1, 0.15) is 16.4 Å². The van der Waals surface area contributed by atoms with Gasteiger partial charge < -0.3 is 15.2 Å². The minimum atomic E-state index is -3.92. The van der Waals surface area contributed by atoms with Crippen molar-refractivity contribution < 1.29 is 17.9 Å². The number of nitrogen functional groups attached to an aromatic ring is 1. The number of aromatic nitrogens is 2. The average molecular weight is 310 g/mol. The third kappa shape index (κ3) is 3.14. The van der Waals surface area contributed by atoms with Crippen LogP contribution in [0.25, 0.3) is 0 Å². The number of nitrogens with two attached hydrogens (primary N) is 1. The van der Waals surface area contributed by atoms with E-state index in [0.717, 1.165) is 0 Å². The van der Waals surface area contributed by atoms with Crippen molar-refractivity contribution in [2.45, 2.75) is 4.90 Å². The van der Waals surface area contributed by atoms with Crippen LogP contribution in [0.4, 0.5) is 11.5 Å². The van der Waals surface area contributed by atoms with Crippen LogP contribution in [-0.4, -0.2) is 32.6 Å². The molecule has 112 valence electrons. The van der Waals surface area contributed by atoms with E-state index in [-0.39, 0.29) is 22.2 Å². The second-order valence-corrected chi connectivity index (χ2v) is 5.59. The number of hydrogen-bond acceptors (Lipinski definition) is 7. The number of ether oxygens (including phenoxy) is 2. The molecular formula is C12H14N4O4S. The number of anilines is 2. The van der Waals surface area contributed by atoms with Crippen LogP contribution in [0.3, 0.4) is 0 Å². The van der Waals surface area contributed by atoms with Crippen molar-refractivity contribution in [2.75, 3.05) is 24.7 Å². The Labute approximate surface area is 122 Å². The molecule has 0 atom stereocenters. The number of nitrogens with one attached hydrogen (secondary N) is 1. The van der Waals surface area contributed by atoms with Gasteiger partial charge in [0.2, 0.25) is 0 Å². The molecule has 0 amide bonds. The van der Waals surface area contributed by atoms with Gasteiger partial charge in [-0.2, -0.15) is 0 Å². The standard InChI is InChI=1S/C12H14N4O4S/c1-19-9-6-10(20-2)11(5-8(9)13)21(17,18)16-12-7-14-3-4-15-12/h3-7H,13H2,1-2H3,(H,15,16). The normalized spacial score (nSPS) is 11.0. The summed E-state index contributed by atoms with van der Waals surface area (Å²) < 4.78 is 37.2. The van der Waals surface area contributed by atoms with E-state index in [1.54, 1.807) is 0 Å². The van der Waals surface area contributed by atoms with Crippen LogP contribution in [0.5, 0.6) is 11.5 Å². The van der Waals surface area contributed by atoms with Gasteiger partial charge in [-0.3, -0.25) is 9.71 Å². The Balaban J connectivity index is 2.47. The van der Waals surface area contributed by atoms with E-state index in [1.807, 2.05) is 0 Å². The summed E-state index contributed by atoms with van der Waals surface area (Å²) in [6.07, 6.45) is 4.10. The number of nitrogens with zero attached hydrogens (tertiary/aromatic N) is 2. The quantitative estimate of drug-likeness (QED) is 0.787. The molecule has 3 N–H and O–H groups in total. The molecule has 0 bridgehead atoms. The zero-order valence-electron chi connectivity index (χ0n) is 11.4. The molecule has 0 aliphatic carbocycles. The van der Waals surface area contributed by atoms with Gasteiger partial charge in [-0.1, -0.05) is 0 Å². The highest BCUT2D eigenvalue weighted by Gasteiger charge is 2.22. The predicted octanol–water partition coefficient (Wildman–Crippen LogP) is 0.877. The number of rotatable bonds is 5. The van der Waals surface area contributed by atoms with Crippen LogP contribution < -0.4 is 19.9 Å². The van der Waals surface area contributed by atoms with Crippen molar-refractivity contribution in [2.24, 2.45) is 0 Å². The van der Waals surface area contributed by atoms with Crippen molar-refractivity contribution in [1.82, 2.24) is 9.97 Å². The fraction of sp³-hybridized carbons (Fsp3) is 0.167. The summed E-state index contributed by atoms with van der Waals surface area (Å²) in [5.41, 5.74) is 5.92. The van der Waals surface area contributed by atoms with Crippen LogP contribution in [0.1, 0.15) is 0 Å². The highest BCUT2D eigenvalue weighted by molar-refractivity contribution is 7.92. The summed E-state index contributed by atoms with van der Waals surface area (Å²) in [4.78, 5) is 7.52. The molecule has 0 radical (unpaired) electrons. The van der Waals surface area contributed by atoms with Crippen molar-refractivity contribution in [3.8, 4) is 11.5 Å². The SMILES string of the molecule is COc1cc(OC)c(S(=O)(=O)Nc2cnccn2)cc1N. The maximum absolute atomic E-state index is 12.4. The molecule has 9 heteroatoms. The summed E-state index contributed by atoms with van der Waals surface area (Å²) in [5.74, 6) is 0.525. The number of methoxy groups -OCH3 is 2. The first-order valence-corrected chi connectivity index (χ1v) is 7.26. The fourth-order valence-electron chi connectivity index (χ4n) is 1.65. The van der Waals surface area contributed by atoms with E-state index in [4.69, 9.17) is 15.2 Å². The molecule has 0 saturated carbocycles. The number of sulfonamides is 1. The first-order chi connectivity index (χ1) is 9.97. The monoisotopic (exact) mass is 310 g/mol. The topological polar surface area (TPSA) is 116 Å². The lowest BCUT2D eigenvalue weighted by Crippen LogP contribution is -2.15. The van der Waals surface area contributed by atoms with Gasteiger partial charge in [0, 0.05) is 18.5 Å². The van der Waals surface area contributed by atoms with Crippen LogP contribution in [0.2, 0.25) is 0 Å². The zero-order valence-corrected chi connectivity index (χ0v) is 12.2. The maximum atomic E-state index is 12.4. The third-order valence-electron chi connectivity index (χ3n) is 2.61. The third-order valence-corrected chi connectivity index (χ3v) is 3.98. The molecule has 0 fully saturated rings. The van der Waals surface area contributed by atoms with E-state index in [9.17, 15) is 8.42 Å². The highest BCUT2D eigenvalue weighted by Crippen LogP contribution is 2.34. The Kier molecular flexibility index (Phi) is 4.13. The minimum Gasteiger partial charge on any atom is -0.495 e. The second-order valence-electron chi connectivity index (χ2n) is 3.94. The molecule has 21 heavy (non-hydrogen) atoms. The van der Waals surface area contributed by atoms with Gasteiger partial charge in [0.05, 0.1) is 26.1 Å². The van der Waals surface area contributed by atoms with Gasteiger partial charge in [0.15, 0.2) is 5.82 Å². The van der Waals surface area contributed by atoms with Gasteiger partial charge in [-0.15, -0.1) is 0 Å². The lowest BCUT2D eigenvalue weighted by atomic mass is 10.3. The van der Waals surface area contributed by atoms with Crippen LogP contribution in [-0.2, 0) is 10.0 Å². The van der Waals surface area contributed by atoms with Crippen molar-refractivity contribution in [3.05, 3.63) is 30.7 Å². The largest absolute Gasteiger partial charge is 0.495 e. The van der Waals surface area contributed by atoms with Crippen molar-refractivity contribution in [1.29, 1.82) is 0 Å². The summed E-state index contributed by atoms with van der Waals surface area (Å²) in [5, 5.41) is 0. The summed E-state index contributed by atoms with van der Waals surface area (Å²) in [6.45, 7) is 0. The van der Waals surface area contributed by atoms with Crippen molar-refractivity contribution in [3.63, 3.8) is 0 Å². The Morgan fingerprint density at radius 2 is 1.86 bits per heavy atom. The molecule has 0 saturated heterocycles. The number of benzene rings is 1. The molecule has 2 rings (SSSR count). The molecule has 2 aromatic rings. The summed E-state index contributed by atoms with van der Waals surface area (Å²) in [6, 6.07) is 2.66. The summed E-state index contributed by atoms with van der Waals surface area (Å²) in [7, 11) is -1.14. The molecule has 0 aliphatic heterocycles. The first-order valence-electron chi connectivity index (χ1n) is 5.78. The van der Waals surface area contributed by atoms with E-state index < -0.39 is 10.0 Å². The summed E-state index contributed by atoms with van der Waals surface area (Å²) >= 11 is 0. The van der Waals surface area contributed by atoms with Crippen LogP contribution >= 0.6 is 0 Å². The first kappa shape index (κ1) is 14.9. The molecule has 1 aromatic heterocycles. The smallest absolute Gasteiger partial charge is 0.266 e. The lowest BCUT2D eigenvalue weighted by Gasteiger charge is -2.13. The van der Waals surface area contributed by atoms with E-state index in [1.165, 1.54) is 44.9 Å². The Morgan fingerprint density at radius 3 is 2.43 bits per heavy atom. The molecule has 1 heterocycles. The van der Waals surface area contributed by atoms with Crippen LogP contribution in [0, 0.1) is 0 Å². The molecule has 0 aliphatic rings. The van der Waals surface area contributed by atoms with Gasteiger partial charge in [-0.05, 0) is 6.07 Å². The number of hydrogen-bond donors (Lipinski definition) is 2. The average Bonchev–Trinajstić information content (AvgIpc) is 2.47. The molecule has 0 unspecified atom stereocenters. The fourth-order valence-corrected chi connectivity index (χ4v) is 2.83. The Morgan fingerprint density at radius 1 is 1.14 bits per heavy atom. The van der Waals surface area contributed by atoms with E-state index in [2.05, 4.69) is 14.7 Å². The van der Waals surface area contributed by atoms with Gasteiger partial charge >= 0.3 is 0 Å². The lowest BCUT2D eigenvalue weighted by molar-refractivity contribution is 0.387. The second kappa shape index (κ2) is 5.83. The van der Waals surface area contributed by atoms with Gasteiger partial charge in [0.25, 0.3) is 10.0 Å². The van der Waals surface area contributed by atoms with Crippen LogP contribution in [0.15, 0.2) is 35.6 Å². The van der Waals surface area contributed by atoms with Gasteiger partial charge in [-0.25, -0.2) is 13.4 Å². The molecular weight excluding hydrogens is 296 g/mol. The zero-order chi connectivity index (χ0) is 15.5. The Bertz CT molecular complexity index is 734. The minimum absolute atomic E-state index is 0.0916. The van der Waals surface area contributed by atoms with E-state index in [0.29, 0.717) is 5.75 Å². The molecule has 1 aromatic carbocycles. The highest BCUT2D eigenvalue weighted by atomic mass is 32.2. The molecule has 8 nitrogen and oxygen atoms in total. The predicted molar refractivity (Wildman–Crippen MR) is 76.8 cm³/mol.